The zero-order valence-corrected chi connectivity index (χ0v) is 20.5. The largest absolute Gasteiger partial charge is 0.493 e. The minimum Gasteiger partial charge on any atom is -0.493 e. The normalized spacial score (nSPS) is 11.3. The Balaban J connectivity index is 1.56. The van der Waals surface area contributed by atoms with Crippen LogP contribution in [-0.2, 0) is 14.8 Å². The molecule has 3 aromatic rings. The zero-order valence-electron chi connectivity index (χ0n) is 18.2. The van der Waals surface area contributed by atoms with Gasteiger partial charge in [0.25, 0.3) is 5.91 Å². The van der Waals surface area contributed by atoms with Crippen LogP contribution in [0.25, 0.3) is 0 Å². The number of nitrogens with zero attached hydrogens (tertiary/aromatic N) is 1. The molecule has 0 unspecified atom stereocenters. The number of sulfonamides is 1. The fraction of sp³-hybridized carbons (Fsp3) is 0.0870. The number of carbonyl (C=O) groups is 2. The van der Waals surface area contributed by atoms with Gasteiger partial charge in [-0.05, 0) is 72.3 Å². The second-order valence-electron chi connectivity index (χ2n) is 6.88. The van der Waals surface area contributed by atoms with Crippen LogP contribution >= 0.6 is 23.2 Å². The van der Waals surface area contributed by atoms with Crippen molar-refractivity contribution in [1.82, 2.24) is 10.1 Å². The van der Waals surface area contributed by atoms with Gasteiger partial charge >= 0.3 is 5.97 Å². The molecule has 0 atom stereocenters. The Morgan fingerprint density at radius 1 is 0.943 bits per heavy atom. The first-order valence-electron chi connectivity index (χ1n) is 9.91. The fourth-order valence-electron chi connectivity index (χ4n) is 2.67. The summed E-state index contributed by atoms with van der Waals surface area (Å²) in [6.45, 7) is -0.523. The minimum atomic E-state index is -3.88. The molecule has 0 aliphatic heterocycles. The first-order chi connectivity index (χ1) is 16.7. The summed E-state index contributed by atoms with van der Waals surface area (Å²) in [6.07, 6.45) is 1.32. The SMILES string of the molecule is COc1cc(/C=N\NC(=O)CNS(=O)(=O)c2ccc(Cl)cc2)ccc1OC(=O)c1ccc(Cl)cc1. The highest BCUT2D eigenvalue weighted by Gasteiger charge is 2.15. The Morgan fingerprint density at radius 3 is 2.20 bits per heavy atom. The number of halogens is 2. The van der Waals surface area contributed by atoms with E-state index in [0.29, 0.717) is 21.2 Å². The Hall–Kier alpha value is -3.44. The van der Waals surface area contributed by atoms with Crippen LogP contribution in [0.15, 0.2) is 76.7 Å². The van der Waals surface area contributed by atoms with Crippen molar-refractivity contribution in [1.29, 1.82) is 0 Å². The lowest BCUT2D eigenvalue weighted by molar-refractivity contribution is -0.119. The number of nitrogens with one attached hydrogen (secondary N) is 2. The number of benzene rings is 3. The molecule has 9 nitrogen and oxygen atoms in total. The first kappa shape index (κ1) is 26.2. The minimum absolute atomic E-state index is 0.0258. The molecule has 12 heteroatoms. The molecule has 0 aliphatic carbocycles. The summed E-state index contributed by atoms with van der Waals surface area (Å²) in [5, 5.41) is 4.68. The number of ether oxygens (including phenoxy) is 2. The molecule has 0 aromatic heterocycles. The van der Waals surface area contributed by atoms with Crippen LogP contribution in [0.1, 0.15) is 15.9 Å². The number of hydrogen-bond donors (Lipinski definition) is 2. The highest BCUT2D eigenvalue weighted by atomic mass is 35.5. The number of methoxy groups -OCH3 is 1. The lowest BCUT2D eigenvalue weighted by Crippen LogP contribution is -2.34. The van der Waals surface area contributed by atoms with Crippen molar-refractivity contribution < 1.29 is 27.5 Å². The smallest absolute Gasteiger partial charge is 0.343 e. The van der Waals surface area contributed by atoms with Crippen molar-refractivity contribution in [3.05, 3.63) is 87.9 Å². The molecule has 0 aliphatic rings. The van der Waals surface area contributed by atoms with E-state index in [9.17, 15) is 18.0 Å². The summed E-state index contributed by atoms with van der Waals surface area (Å²) in [4.78, 5) is 24.2. The molecule has 3 rings (SSSR count). The second-order valence-corrected chi connectivity index (χ2v) is 9.52. The molecule has 2 N–H and O–H groups in total. The van der Waals surface area contributed by atoms with Gasteiger partial charge < -0.3 is 9.47 Å². The second kappa shape index (κ2) is 11.8. The quantitative estimate of drug-likeness (QED) is 0.186. The number of amides is 1. The van der Waals surface area contributed by atoms with E-state index >= 15 is 0 Å². The van der Waals surface area contributed by atoms with E-state index in [2.05, 4.69) is 15.2 Å². The third-order valence-electron chi connectivity index (χ3n) is 4.42. The zero-order chi connectivity index (χ0) is 25.4. The molecule has 0 fully saturated rings. The molecular formula is C23H19Cl2N3O6S. The van der Waals surface area contributed by atoms with Gasteiger partial charge in [-0.2, -0.15) is 5.10 Å². The van der Waals surface area contributed by atoms with Crippen molar-refractivity contribution in [3.63, 3.8) is 0 Å². The number of esters is 1. The van der Waals surface area contributed by atoms with Crippen LogP contribution in [0.3, 0.4) is 0 Å². The van der Waals surface area contributed by atoms with E-state index in [1.54, 1.807) is 24.3 Å². The summed E-state index contributed by atoms with van der Waals surface area (Å²) in [7, 11) is -2.47. The standard InChI is InChI=1S/C23H19Cl2N3O6S/c1-33-21-12-15(2-11-20(21)34-23(30)16-3-5-17(24)6-4-16)13-26-28-22(29)14-27-35(31,32)19-9-7-18(25)8-10-19/h2-13,27H,14H2,1H3,(H,28,29)/b26-13-. The maximum absolute atomic E-state index is 12.3. The van der Waals surface area contributed by atoms with Gasteiger partial charge in [-0.25, -0.2) is 23.4 Å². The molecule has 0 heterocycles. The number of hydrazone groups is 1. The van der Waals surface area contributed by atoms with Crippen molar-refractivity contribution in [2.24, 2.45) is 5.10 Å². The van der Waals surface area contributed by atoms with Crippen LogP contribution in [-0.4, -0.2) is 40.2 Å². The van der Waals surface area contributed by atoms with Gasteiger partial charge in [-0.1, -0.05) is 23.2 Å². The van der Waals surface area contributed by atoms with Gasteiger partial charge in [-0.3, -0.25) is 4.79 Å². The van der Waals surface area contributed by atoms with Gasteiger partial charge in [0.15, 0.2) is 11.5 Å². The van der Waals surface area contributed by atoms with E-state index in [1.807, 2.05) is 0 Å². The number of carbonyl (C=O) groups excluding carboxylic acids is 2. The highest BCUT2D eigenvalue weighted by molar-refractivity contribution is 7.89. The van der Waals surface area contributed by atoms with Crippen LogP contribution in [0.2, 0.25) is 10.0 Å². The average molecular weight is 536 g/mol. The van der Waals surface area contributed by atoms with Crippen LogP contribution in [0.4, 0.5) is 0 Å². The lowest BCUT2D eigenvalue weighted by Gasteiger charge is -2.10. The predicted octanol–water partition coefficient (Wildman–Crippen LogP) is 3.65. The summed E-state index contributed by atoms with van der Waals surface area (Å²) in [6, 6.07) is 16.4. The Bertz CT molecular complexity index is 1340. The van der Waals surface area contributed by atoms with Crippen molar-refractivity contribution in [3.8, 4) is 11.5 Å². The van der Waals surface area contributed by atoms with Gasteiger partial charge in [0, 0.05) is 10.0 Å². The molecule has 0 bridgehead atoms. The molecule has 182 valence electrons. The van der Waals surface area contributed by atoms with Crippen LogP contribution < -0.4 is 19.6 Å². The third kappa shape index (κ3) is 7.52. The van der Waals surface area contributed by atoms with Gasteiger partial charge in [-0.15, -0.1) is 0 Å². The fourth-order valence-corrected chi connectivity index (χ4v) is 3.90. The average Bonchev–Trinajstić information content (AvgIpc) is 2.84. The summed E-state index contributed by atoms with van der Waals surface area (Å²) >= 11 is 11.6. The van der Waals surface area contributed by atoms with Crippen LogP contribution in [0, 0.1) is 0 Å². The molecule has 1 amide bonds. The van der Waals surface area contributed by atoms with Gasteiger partial charge in [0.1, 0.15) is 0 Å². The molecule has 0 radical (unpaired) electrons. The maximum atomic E-state index is 12.3. The Labute approximate surface area is 211 Å². The Morgan fingerprint density at radius 2 is 1.57 bits per heavy atom. The summed E-state index contributed by atoms with van der Waals surface area (Å²) < 4.78 is 37.2. The first-order valence-corrected chi connectivity index (χ1v) is 12.1. The van der Waals surface area contributed by atoms with E-state index in [0.717, 1.165) is 0 Å². The van der Waals surface area contributed by atoms with E-state index in [-0.39, 0.29) is 16.4 Å². The highest BCUT2D eigenvalue weighted by Crippen LogP contribution is 2.28. The maximum Gasteiger partial charge on any atom is 0.343 e. The predicted molar refractivity (Wildman–Crippen MR) is 132 cm³/mol. The van der Waals surface area contributed by atoms with Crippen molar-refractivity contribution in [2.45, 2.75) is 4.90 Å². The van der Waals surface area contributed by atoms with E-state index in [4.69, 9.17) is 32.7 Å². The molecule has 35 heavy (non-hydrogen) atoms. The molecule has 0 spiro atoms. The summed E-state index contributed by atoms with van der Waals surface area (Å²) in [5.41, 5.74) is 3.06. The van der Waals surface area contributed by atoms with Gasteiger partial charge in [0.05, 0.1) is 30.3 Å². The van der Waals surface area contributed by atoms with Gasteiger partial charge in [0.2, 0.25) is 10.0 Å². The molecule has 0 saturated carbocycles. The van der Waals surface area contributed by atoms with E-state index < -0.39 is 28.4 Å². The number of rotatable bonds is 9. The Kier molecular flexibility index (Phi) is 8.83. The molecular weight excluding hydrogens is 517 g/mol. The monoisotopic (exact) mass is 535 g/mol. The summed E-state index contributed by atoms with van der Waals surface area (Å²) in [5.74, 6) is -0.822. The van der Waals surface area contributed by atoms with Crippen LogP contribution in [0.5, 0.6) is 11.5 Å². The molecule has 3 aromatic carbocycles. The topological polar surface area (TPSA) is 123 Å². The van der Waals surface area contributed by atoms with Crippen molar-refractivity contribution >= 4 is 51.3 Å². The van der Waals surface area contributed by atoms with E-state index in [1.165, 1.54) is 55.8 Å². The number of hydrogen-bond acceptors (Lipinski definition) is 7. The lowest BCUT2D eigenvalue weighted by atomic mass is 10.2. The molecule has 0 saturated heterocycles. The third-order valence-corrected chi connectivity index (χ3v) is 6.34. The van der Waals surface area contributed by atoms with Crippen molar-refractivity contribution in [2.75, 3.05) is 13.7 Å².